The zero-order valence-electron chi connectivity index (χ0n) is 39.9. The molecule has 354 valence electrons. The Morgan fingerprint density at radius 2 is 0.934 bits per heavy atom. The van der Waals surface area contributed by atoms with Crippen molar-refractivity contribution in [3.8, 4) is 0 Å². The highest BCUT2D eigenvalue weighted by Gasteiger charge is 2.27. The number of esters is 2. The summed E-state index contributed by atoms with van der Waals surface area (Å²) in [5.74, 6) is -0.833. The molecule has 0 aliphatic heterocycles. The van der Waals surface area contributed by atoms with Crippen molar-refractivity contribution < 1.29 is 42.1 Å². The summed E-state index contributed by atoms with van der Waals surface area (Å²) in [6.45, 7) is 4.28. The summed E-state index contributed by atoms with van der Waals surface area (Å²) >= 11 is 0. The van der Waals surface area contributed by atoms with E-state index in [9.17, 15) is 19.0 Å². The Labute approximate surface area is 375 Å². The van der Waals surface area contributed by atoms with Gasteiger partial charge in [-0.3, -0.25) is 18.6 Å². The fraction of sp³-hybridized carbons (Fsp3) is 0.765. The van der Waals surface area contributed by atoms with Crippen LogP contribution in [0.15, 0.2) is 60.8 Å². The molecular weight excluding hydrogens is 786 g/mol. The third-order valence-corrected chi connectivity index (χ3v) is 11.3. The van der Waals surface area contributed by atoms with Crippen LogP contribution in [0.1, 0.15) is 200 Å². The number of carbonyl (C=O) groups is 2. The molecular formula is C51H93NO8P+. The van der Waals surface area contributed by atoms with Gasteiger partial charge in [0.05, 0.1) is 27.7 Å². The lowest BCUT2D eigenvalue weighted by molar-refractivity contribution is -0.870. The molecule has 61 heavy (non-hydrogen) atoms. The minimum absolute atomic E-state index is 0.0236. The molecule has 0 rings (SSSR count). The molecule has 9 nitrogen and oxygen atoms in total. The number of hydrogen-bond donors (Lipinski definition) is 1. The number of phosphoric ester groups is 1. The Morgan fingerprint density at radius 3 is 1.39 bits per heavy atom. The molecule has 0 radical (unpaired) electrons. The summed E-state index contributed by atoms with van der Waals surface area (Å²) in [4.78, 5) is 35.5. The predicted molar refractivity (Wildman–Crippen MR) is 256 cm³/mol. The molecule has 0 aromatic carbocycles. The van der Waals surface area contributed by atoms with Crippen LogP contribution in [0.5, 0.6) is 0 Å². The number of likely N-dealkylation sites (N-methyl/N-ethyl adjacent to an activating group) is 1. The van der Waals surface area contributed by atoms with E-state index in [2.05, 4.69) is 74.6 Å². The summed E-state index contributed by atoms with van der Waals surface area (Å²) < 4.78 is 34.4. The maximum Gasteiger partial charge on any atom is 0.472 e. The molecule has 0 aromatic heterocycles. The number of rotatable bonds is 44. The predicted octanol–water partition coefficient (Wildman–Crippen LogP) is 14.4. The lowest BCUT2D eigenvalue weighted by Gasteiger charge is -2.24. The molecule has 0 aromatic rings. The molecule has 0 heterocycles. The molecule has 10 heteroatoms. The molecule has 0 spiro atoms. The second-order valence-electron chi connectivity index (χ2n) is 17.5. The summed E-state index contributed by atoms with van der Waals surface area (Å²) in [6, 6.07) is 0. The van der Waals surface area contributed by atoms with Crippen LogP contribution in [0.2, 0.25) is 0 Å². The number of ether oxygens (including phenoxy) is 2. The number of hydrogen-bond acceptors (Lipinski definition) is 7. The number of phosphoric acid groups is 1. The number of quaternary nitrogens is 1. The van der Waals surface area contributed by atoms with Gasteiger partial charge in [-0.25, -0.2) is 4.57 Å². The van der Waals surface area contributed by atoms with E-state index >= 15 is 0 Å². The first-order valence-electron chi connectivity index (χ1n) is 24.5. The van der Waals surface area contributed by atoms with Gasteiger partial charge in [-0.05, 0) is 57.8 Å². The molecule has 0 saturated carbocycles. The topological polar surface area (TPSA) is 108 Å². The lowest BCUT2D eigenvalue weighted by atomic mass is 10.0. The van der Waals surface area contributed by atoms with Gasteiger partial charge < -0.3 is 18.9 Å². The van der Waals surface area contributed by atoms with Gasteiger partial charge in [0, 0.05) is 12.8 Å². The van der Waals surface area contributed by atoms with Gasteiger partial charge in [-0.1, -0.05) is 190 Å². The van der Waals surface area contributed by atoms with Gasteiger partial charge in [-0.2, -0.15) is 0 Å². The van der Waals surface area contributed by atoms with Gasteiger partial charge in [0.2, 0.25) is 0 Å². The van der Waals surface area contributed by atoms with Crippen molar-refractivity contribution >= 4 is 19.8 Å². The maximum absolute atomic E-state index is 12.7. The lowest BCUT2D eigenvalue weighted by Crippen LogP contribution is -2.37. The molecule has 1 N–H and O–H groups in total. The smallest absolute Gasteiger partial charge is 0.462 e. The fourth-order valence-corrected chi connectivity index (χ4v) is 7.25. The summed E-state index contributed by atoms with van der Waals surface area (Å²) in [5.41, 5.74) is 0. The number of allylic oxidation sites excluding steroid dienone is 10. The van der Waals surface area contributed by atoms with Gasteiger partial charge in [0.15, 0.2) is 6.10 Å². The van der Waals surface area contributed by atoms with Crippen LogP contribution in [-0.2, 0) is 32.7 Å². The van der Waals surface area contributed by atoms with Crippen LogP contribution in [0, 0.1) is 0 Å². The summed E-state index contributed by atoms with van der Waals surface area (Å²) in [6.07, 6.45) is 52.7. The highest BCUT2D eigenvalue weighted by Crippen LogP contribution is 2.43. The van der Waals surface area contributed by atoms with E-state index in [0.717, 1.165) is 70.6 Å². The molecule has 2 atom stereocenters. The van der Waals surface area contributed by atoms with Crippen LogP contribution in [0.3, 0.4) is 0 Å². The van der Waals surface area contributed by atoms with E-state index in [-0.39, 0.29) is 32.0 Å². The second kappa shape index (κ2) is 43.0. The number of carbonyl (C=O) groups excluding carboxylic acids is 2. The maximum atomic E-state index is 12.7. The molecule has 0 amide bonds. The molecule has 0 fully saturated rings. The van der Waals surface area contributed by atoms with Gasteiger partial charge in [0.25, 0.3) is 0 Å². The Hall–Kier alpha value is -2.29. The standard InChI is InChI=1S/C51H92NO8P/c1-6-8-10-12-14-16-18-20-22-24-26-28-30-32-34-36-38-40-42-44-51(54)60-49(48-59-61(55,56)58-46-45-52(3,4)5)47-57-50(53)43-41-39-37-35-33-31-29-27-25-23-21-19-17-15-13-11-9-7-2/h8,10,14,16,20,22,26,28,32,34,49H,6-7,9,11-13,15,17-19,21,23-25,27,29-31,33,35-48H2,1-5H3/p+1/b10-8+,16-14+,22-20+,28-26+,34-32+/t49-/m1/s1. The average Bonchev–Trinajstić information content (AvgIpc) is 3.21. The van der Waals surface area contributed by atoms with Crippen LogP contribution < -0.4 is 0 Å². The van der Waals surface area contributed by atoms with E-state index in [0.29, 0.717) is 17.4 Å². The van der Waals surface area contributed by atoms with Crippen LogP contribution in [-0.4, -0.2) is 74.9 Å². The summed E-state index contributed by atoms with van der Waals surface area (Å²) in [5, 5.41) is 0. The third-order valence-electron chi connectivity index (χ3n) is 10.3. The van der Waals surface area contributed by atoms with Crippen molar-refractivity contribution in [2.75, 3.05) is 47.5 Å². The minimum Gasteiger partial charge on any atom is -0.462 e. The Bertz CT molecular complexity index is 1220. The van der Waals surface area contributed by atoms with Crippen LogP contribution in [0.25, 0.3) is 0 Å². The fourth-order valence-electron chi connectivity index (χ4n) is 6.51. The van der Waals surface area contributed by atoms with E-state index < -0.39 is 26.5 Å². The van der Waals surface area contributed by atoms with Crippen molar-refractivity contribution in [3.05, 3.63) is 60.8 Å². The molecule has 0 bridgehead atoms. The average molecular weight is 879 g/mol. The van der Waals surface area contributed by atoms with Crippen LogP contribution >= 0.6 is 7.82 Å². The van der Waals surface area contributed by atoms with Gasteiger partial charge in [0.1, 0.15) is 19.8 Å². The largest absolute Gasteiger partial charge is 0.472 e. The molecule has 1 unspecified atom stereocenters. The van der Waals surface area contributed by atoms with Crippen molar-refractivity contribution in [2.45, 2.75) is 206 Å². The van der Waals surface area contributed by atoms with Crippen molar-refractivity contribution in [3.63, 3.8) is 0 Å². The minimum atomic E-state index is -4.39. The normalized spacial score (nSPS) is 14.0. The van der Waals surface area contributed by atoms with Crippen molar-refractivity contribution in [1.29, 1.82) is 0 Å². The second-order valence-corrected chi connectivity index (χ2v) is 18.9. The Kier molecular flexibility index (Phi) is 41.4. The zero-order chi connectivity index (χ0) is 45.0. The van der Waals surface area contributed by atoms with E-state index in [4.69, 9.17) is 18.5 Å². The third kappa shape index (κ3) is 47.0. The van der Waals surface area contributed by atoms with E-state index in [1.165, 1.54) is 96.3 Å². The quantitative estimate of drug-likeness (QED) is 0.0212. The molecule has 0 aliphatic carbocycles. The first kappa shape index (κ1) is 58.7. The summed E-state index contributed by atoms with van der Waals surface area (Å²) in [7, 11) is 1.45. The van der Waals surface area contributed by atoms with E-state index in [1.807, 2.05) is 21.1 Å². The monoisotopic (exact) mass is 879 g/mol. The molecule has 0 saturated heterocycles. The Morgan fingerprint density at radius 1 is 0.525 bits per heavy atom. The zero-order valence-corrected chi connectivity index (χ0v) is 40.8. The number of unbranched alkanes of at least 4 members (excludes halogenated alkanes) is 20. The van der Waals surface area contributed by atoms with Crippen LogP contribution in [0.4, 0.5) is 0 Å². The highest BCUT2D eigenvalue weighted by atomic mass is 31.2. The van der Waals surface area contributed by atoms with Crippen molar-refractivity contribution in [1.82, 2.24) is 0 Å². The first-order chi connectivity index (χ1) is 29.5. The Balaban J connectivity index is 4.35. The number of nitrogens with zero attached hydrogens (tertiary/aromatic N) is 1. The highest BCUT2D eigenvalue weighted by molar-refractivity contribution is 7.47. The first-order valence-corrected chi connectivity index (χ1v) is 26.0. The van der Waals surface area contributed by atoms with Gasteiger partial charge in [-0.15, -0.1) is 0 Å². The van der Waals surface area contributed by atoms with E-state index in [1.54, 1.807) is 0 Å². The SMILES string of the molecule is CC/C=C/C/C=C/C/C=C/C/C=C/C/C=C/CCCCCC(=O)O[C@H](COC(=O)CCCCCCCCCCCCCCCCCCCC)COP(=O)(O)OCC[N+](C)(C)C. The van der Waals surface area contributed by atoms with Gasteiger partial charge >= 0.3 is 19.8 Å². The molecule has 0 aliphatic rings. The van der Waals surface area contributed by atoms with Crippen molar-refractivity contribution in [2.24, 2.45) is 0 Å².